The average Bonchev–Trinajstić information content (AvgIpc) is 3.20. The van der Waals surface area contributed by atoms with Gasteiger partial charge in [0, 0.05) is 48.3 Å². The van der Waals surface area contributed by atoms with Crippen LogP contribution in [0.4, 0.5) is 5.69 Å². The molecule has 0 radical (unpaired) electrons. The lowest BCUT2D eigenvalue weighted by Crippen LogP contribution is -2.23. The van der Waals surface area contributed by atoms with Crippen LogP contribution in [0.15, 0.2) is 24.4 Å². The SMILES string of the molecule is Cn1ncc(C2CC(=O)Nc3cc(O)ccc32)c1C1CC1. The number of rotatable bonds is 2. The van der Waals surface area contributed by atoms with Gasteiger partial charge in [0.25, 0.3) is 0 Å². The number of anilines is 1. The second-order valence-corrected chi connectivity index (χ2v) is 5.96. The van der Waals surface area contributed by atoms with E-state index in [-0.39, 0.29) is 17.6 Å². The van der Waals surface area contributed by atoms with E-state index in [0.717, 1.165) is 11.1 Å². The predicted molar refractivity (Wildman–Crippen MR) is 78.4 cm³/mol. The fourth-order valence-electron chi connectivity index (χ4n) is 3.32. The smallest absolute Gasteiger partial charge is 0.225 e. The van der Waals surface area contributed by atoms with E-state index in [9.17, 15) is 9.90 Å². The van der Waals surface area contributed by atoms with Crippen molar-refractivity contribution >= 4 is 11.6 Å². The number of aryl methyl sites for hydroxylation is 1. The van der Waals surface area contributed by atoms with Crippen molar-refractivity contribution in [1.29, 1.82) is 0 Å². The number of hydrogen-bond donors (Lipinski definition) is 2. The first kappa shape index (κ1) is 12.4. The Bertz CT molecular complexity index is 731. The summed E-state index contributed by atoms with van der Waals surface area (Å²) in [5, 5.41) is 16.9. The number of aromatic hydroxyl groups is 1. The van der Waals surface area contributed by atoms with Gasteiger partial charge in [0.15, 0.2) is 0 Å². The topological polar surface area (TPSA) is 67.2 Å². The summed E-state index contributed by atoms with van der Waals surface area (Å²) in [6, 6.07) is 5.20. The lowest BCUT2D eigenvalue weighted by atomic mass is 9.84. The average molecular weight is 283 g/mol. The molecular weight excluding hydrogens is 266 g/mol. The lowest BCUT2D eigenvalue weighted by Gasteiger charge is -2.26. The van der Waals surface area contributed by atoms with E-state index in [1.807, 2.05) is 24.0 Å². The number of phenols is 1. The third-order valence-electron chi connectivity index (χ3n) is 4.43. The van der Waals surface area contributed by atoms with Gasteiger partial charge in [-0.2, -0.15) is 5.10 Å². The Morgan fingerprint density at radius 3 is 2.90 bits per heavy atom. The maximum Gasteiger partial charge on any atom is 0.225 e. The molecule has 2 aliphatic rings. The number of nitrogens with one attached hydrogen (secondary N) is 1. The minimum atomic E-state index is -0.0105. The summed E-state index contributed by atoms with van der Waals surface area (Å²) in [6.07, 6.45) is 4.73. The number of aromatic nitrogens is 2. The molecule has 0 spiro atoms. The number of benzene rings is 1. The molecule has 1 aliphatic heterocycles. The summed E-state index contributed by atoms with van der Waals surface area (Å²) >= 11 is 0. The first-order valence-electron chi connectivity index (χ1n) is 7.28. The molecule has 1 atom stereocenters. The van der Waals surface area contributed by atoms with Gasteiger partial charge in [-0.05, 0) is 24.5 Å². The van der Waals surface area contributed by atoms with E-state index < -0.39 is 0 Å². The zero-order valence-electron chi connectivity index (χ0n) is 11.8. The third-order valence-corrected chi connectivity index (χ3v) is 4.43. The van der Waals surface area contributed by atoms with Crippen molar-refractivity contribution in [3.63, 3.8) is 0 Å². The zero-order chi connectivity index (χ0) is 14.6. The van der Waals surface area contributed by atoms with Gasteiger partial charge in [0.2, 0.25) is 5.91 Å². The minimum absolute atomic E-state index is 0.0105. The Labute approximate surface area is 122 Å². The van der Waals surface area contributed by atoms with Crippen LogP contribution in [-0.4, -0.2) is 20.8 Å². The summed E-state index contributed by atoms with van der Waals surface area (Å²) < 4.78 is 1.94. The number of hydrogen-bond acceptors (Lipinski definition) is 3. The number of amides is 1. The first-order chi connectivity index (χ1) is 10.1. The fourth-order valence-corrected chi connectivity index (χ4v) is 3.32. The zero-order valence-corrected chi connectivity index (χ0v) is 11.8. The Morgan fingerprint density at radius 1 is 1.33 bits per heavy atom. The number of phenolic OH excluding ortho intramolecular Hbond substituents is 1. The van der Waals surface area contributed by atoms with Gasteiger partial charge in [-0.15, -0.1) is 0 Å². The van der Waals surface area contributed by atoms with Crippen molar-refractivity contribution in [3.05, 3.63) is 41.2 Å². The van der Waals surface area contributed by atoms with Crippen LogP contribution in [0.3, 0.4) is 0 Å². The summed E-state index contributed by atoms with van der Waals surface area (Å²) in [5.41, 5.74) is 4.18. The van der Waals surface area contributed by atoms with Gasteiger partial charge in [0.1, 0.15) is 5.75 Å². The van der Waals surface area contributed by atoms with Crippen LogP contribution in [-0.2, 0) is 11.8 Å². The van der Waals surface area contributed by atoms with E-state index in [0.29, 0.717) is 18.0 Å². The van der Waals surface area contributed by atoms with Crippen molar-refractivity contribution in [2.24, 2.45) is 7.05 Å². The summed E-state index contributed by atoms with van der Waals surface area (Å²) in [7, 11) is 1.97. The van der Waals surface area contributed by atoms with Crippen LogP contribution < -0.4 is 5.32 Å². The molecule has 0 bridgehead atoms. The van der Waals surface area contributed by atoms with Crippen molar-refractivity contribution in [2.75, 3.05) is 5.32 Å². The fraction of sp³-hybridized carbons (Fsp3) is 0.375. The largest absolute Gasteiger partial charge is 0.508 e. The third kappa shape index (κ3) is 2.00. The summed E-state index contributed by atoms with van der Waals surface area (Å²) in [4.78, 5) is 12.0. The number of nitrogens with zero attached hydrogens (tertiary/aromatic N) is 2. The molecule has 0 saturated heterocycles. The van der Waals surface area contributed by atoms with E-state index >= 15 is 0 Å². The van der Waals surface area contributed by atoms with Crippen molar-refractivity contribution in [3.8, 4) is 5.75 Å². The monoisotopic (exact) mass is 283 g/mol. The highest BCUT2D eigenvalue weighted by atomic mass is 16.3. The molecule has 1 unspecified atom stereocenters. The Morgan fingerprint density at radius 2 is 2.14 bits per heavy atom. The van der Waals surface area contributed by atoms with Gasteiger partial charge in [-0.1, -0.05) is 6.07 Å². The number of carbonyl (C=O) groups is 1. The molecule has 2 aromatic rings. The van der Waals surface area contributed by atoms with Crippen LogP contribution in [0.1, 0.15) is 47.9 Å². The second kappa shape index (κ2) is 4.35. The Kier molecular flexibility index (Phi) is 2.58. The van der Waals surface area contributed by atoms with Crippen molar-refractivity contribution in [2.45, 2.75) is 31.1 Å². The molecule has 1 aromatic carbocycles. The molecule has 21 heavy (non-hydrogen) atoms. The molecule has 1 aromatic heterocycles. The van der Waals surface area contributed by atoms with Crippen molar-refractivity contribution in [1.82, 2.24) is 9.78 Å². The second-order valence-electron chi connectivity index (χ2n) is 5.96. The molecule has 1 amide bonds. The van der Waals surface area contributed by atoms with Crippen LogP contribution in [0.2, 0.25) is 0 Å². The lowest BCUT2D eigenvalue weighted by molar-refractivity contribution is -0.116. The molecule has 2 N–H and O–H groups in total. The number of carbonyl (C=O) groups excluding carboxylic acids is 1. The molecule has 108 valence electrons. The normalized spacial score (nSPS) is 21.0. The highest BCUT2D eigenvalue weighted by Crippen LogP contribution is 2.46. The van der Waals surface area contributed by atoms with Gasteiger partial charge >= 0.3 is 0 Å². The molecule has 5 nitrogen and oxygen atoms in total. The van der Waals surface area contributed by atoms with E-state index in [2.05, 4.69) is 10.4 Å². The van der Waals surface area contributed by atoms with Crippen molar-refractivity contribution < 1.29 is 9.90 Å². The quantitative estimate of drug-likeness (QED) is 0.889. The van der Waals surface area contributed by atoms with Gasteiger partial charge in [-0.3, -0.25) is 9.48 Å². The standard InChI is InChI=1S/C16H17N3O2/c1-19-16(9-2-3-9)13(8-17-19)12-7-15(21)18-14-6-10(20)4-5-11(12)14/h4-6,8-9,12,20H,2-3,7H2,1H3,(H,18,21). The number of fused-ring (bicyclic) bond motifs is 1. The van der Waals surface area contributed by atoms with Crippen LogP contribution in [0, 0.1) is 0 Å². The Hall–Kier alpha value is -2.30. The molecule has 4 rings (SSSR count). The van der Waals surface area contributed by atoms with E-state index in [1.165, 1.54) is 18.5 Å². The molecule has 1 fully saturated rings. The molecule has 2 heterocycles. The van der Waals surface area contributed by atoms with Gasteiger partial charge < -0.3 is 10.4 Å². The van der Waals surface area contributed by atoms with E-state index in [4.69, 9.17) is 0 Å². The summed E-state index contributed by atoms with van der Waals surface area (Å²) in [5.74, 6) is 0.767. The van der Waals surface area contributed by atoms with Gasteiger partial charge in [-0.25, -0.2) is 0 Å². The first-order valence-corrected chi connectivity index (χ1v) is 7.28. The predicted octanol–water partition coefficient (Wildman–Crippen LogP) is 2.48. The molecule has 1 aliphatic carbocycles. The maximum absolute atomic E-state index is 12.0. The highest BCUT2D eigenvalue weighted by molar-refractivity contribution is 5.95. The molecular formula is C16H17N3O2. The minimum Gasteiger partial charge on any atom is -0.508 e. The van der Waals surface area contributed by atoms with Crippen LogP contribution in [0.25, 0.3) is 0 Å². The van der Waals surface area contributed by atoms with Crippen LogP contribution >= 0.6 is 0 Å². The highest BCUT2D eigenvalue weighted by Gasteiger charge is 2.35. The van der Waals surface area contributed by atoms with Gasteiger partial charge in [0.05, 0.1) is 6.20 Å². The molecule has 1 saturated carbocycles. The van der Waals surface area contributed by atoms with E-state index in [1.54, 1.807) is 12.1 Å². The molecule has 5 heteroatoms. The maximum atomic E-state index is 12.0. The summed E-state index contributed by atoms with van der Waals surface area (Å²) in [6.45, 7) is 0. The van der Waals surface area contributed by atoms with Crippen LogP contribution in [0.5, 0.6) is 5.75 Å². The Balaban J connectivity index is 1.84.